The molecule has 0 saturated carbocycles. The zero-order valence-electron chi connectivity index (χ0n) is 13.4. The maximum absolute atomic E-state index is 12.2. The second-order valence-electron chi connectivity index (χ2n) is 5.06. The van der Waals surface area contributed by atoms with E-state index < -0.39 is 44.7 Å². The first kappa shape index (κ1) is 22.5. The minimum Gasteiger partial charge on any atom is -0.399 e. The van der Waals surface area contributed by atoms with Gasteiger partial charge in [0, 0.05) is 23.5 Å². The van der Waals surface area contributed by atoms with Crippen LogP contribution in [-0.2, 0) is 12.4 Å². The molecule has 0 unspecified atom stereocenters. The smallest absolute Gasteiger partial charge is 0.399 e. The molecule has 0 atom stereocenters. The van der Waals surface area contributed by atoms with E-state index >= 15 is 0 Å². The quantitative estimate of drug-likeness (QED) is 0.325. The Kier molecular flexibility index (Phi) is 6.40. The number of nitrogens with zero attached hydrogens (tertiary/aromatic N) is 2. The molecule has 2 aromatic carbocycles. The molecule has 2 aromatic rings. The van der Waals surface area contributed by atoms with Crippen molar-refractivity contribution in [1.82, 2.24) is 0 Å². The van der Waals surface area contributed by atoms with Gasteiger partial charge in [-0.15, -0.1) is 0 Å². The van der Waals surface area contributed by atoms with Crippen LogP contribution in [0.25, 0.3) is 0 Å². The molecule has 0 fully saturated rings. The van der Waals surface area contributed by atoms with Crippen molar-refractivity contribution in [2.45, 2.75) is 12.4 Å². The molecule has 0 aliphatic heterocycles. The molecule has 28 heavy (non-hydrogen) atoms. The maximum atomic E-state index is 12.2. The van der Waals surface area contributed by atoms with Crippen LogP contribution in [0.3, 0.4) is 0 Å². The summed E-state index contributed by atoms with van der Waals surface area (Å²) < 4.78 is 73.4. The number of hydrogen-bond acceptors (Lipinski definition) is 6. The third-order valence-electron chi connectivity index (χ3n) is 3.05. The Morgan fingerprint density at radius 2 is 0.964 bits per heavy atom. The predicted octanol–water partition coefficient (Wildman–Crippen LogP) is 4.39. The van der Waals surface area contributed by atoms with Crippen LogP contribution >= 0.6 is 0 Å². The van der Waals surface area contributed by atoms with Gasteiger partial charge in [0.25, 0.3) is 11.4 Å². The van der Waals surface area contributed by atoms with Crippen LogP contribution in [0.2, 0.25) is 0 Å². The van der Waals surface area contributed by atoms with E-state index in [0.29, 0.717) is 12.1 Å². The van der Waals surface area contributed by atoms with Crippen molar-refractivity contribution in [1.29, 1.82) is 0 Å². The molecule has 0 aromatic heterocycles. The molecule has 0 radical (unpaired) electrons. The predicted molar refractivity (Wildman–Crippen MR) is 85.0 cm³/mol. The Balaban J connectivity index is 0.000000280. The molecular formula is C14H10F6N4O4. The first-order chi connectivity index (χ1) is 12.6. The Morgan fingerprint density at radius 1 is 0.679 bits per heavy atom. The number of benzene rings is 2. The van der Waals surface area contributed by atoms with Gasteiger partial charge in [0.2, 0.25) is 0 Å². The highest BCUT2D eigenvalue weighted by Gasteiger charge is 2.39. The molecule has 8 nitrogen and oxygen atoms in total. The van der Waals surface area contributed by atoms with Gasteiger partial charge in [-0.05, 0) is 24.3 Å². The second-order valence-corrected chi connectivity index (χ2v) is 5.06. The van der Waals surface area contributed by atoms with Gasteiger partial charge in [0.05, 0.1) is 9.85 Å². The van der Waals surface area contributed by atoms with Crippen molar-refractivity contribution in [3.05, 3.63) is 67.8 Å². The van der Waals surface area contributed by atoms with Crippen LogP contribution in [0.5, 0.6) is 0 Å². The first-order valence-electron chi connectivity index (χ1n) is 6.86. The zero-order valence-corrected chi connectivity index (χ0v) is 13.4. The summed E-state index contributed by atoms with van der Waals surface area (Å²) in [5, 5.41) is 20.5. The summed E-state index contributed by atoms with van der Waals surface area (Å²) in [7, 11) is 0. The Bertz CT molecular complexity index is 825. The standard InChI is InChI=1S/2C7H5F3N2O2/c2*8-7(9,10)5-3-4(11)1-2-6(5)12(13)14/h2*1-3H,11H2. The molecule has 0 bridgehead atoms. The summed E-state index contributed by atoms with van der Waals surface area (Å²) in [4.78, 5) is 18.3. The topological polar surface area (TPSA) is 138 Å². The number of halogens is 6. The lowest BCUT2D eigenvalue weighted by atomic mass is 10.1. The zero-order chi connectivity index (χ0) is 21.9. The maximum Gasteiger partial charge on any atom is 0.423 e. The van der Waals surface area contributed by atoms with Crippen LogP contribution in [0.15, 0.2) is 36.4 Å². The molecule has 0 saturated heterocycles. The molecule has 0 amide bonds. The van der Waals surface area contributed by atoms with Crippen LogP contribution in [0, 0.1) is 20.2 Å². The van der Waals surface area contributed by atoms with Gasteiger partial charge in [0.1, 0.15) is 11.1 Å². The molecular weight excluding hydrogens is 402 g/mol. The van der Waals surface area contributed by atoms with E-state index in [1.165, 1.54) is 0 Å². The summed E-state index contributed by atoms with van der Waals surface area (Å²) in [6.07, 6.45) is -9.53. The number of anilines is 2. The molecule has 0 heterocycles. The van der Waals surface area contributed by atoms with Crippen molar-refractivity contribution in [2.75, 3.05) is 11.5 Å². The molecule has 0 aliphatic rings. The fourth-order valence-electron chi connectivity index (χ4n) is 1.88. The number of nitrogen functional groups attached to an aromatic ring is 2. The van der Waals surface area contributed by atoms with E-state index in [9.17, 15) is 46.6 Å². The molecule has 0 spiro atoms. The fourth-order valence-corrected chi connectivity index (χ4v) is 1.88. The fraction of sp³-hybridized carbons (Fsp3) is 0.143. The van der Waals surface area contributed by atoms with Crippen LogP contribution < -0.4 is 11.5 Å². The van der Waals surface area contributed by atoms with Gasteiger partial charge in [-0.1, -0.05) is 0 Å². The third-order valence-corrected chi connectivity index (χ3v) is 3.05. The lowest BCUT2D eigenvalue weighted by Crippen LogP contribution is -2.09. The summed E-state index contributed by atoms with van der Waals surface area (Å²) in [5.74, 6) is 0. The number of nitro groups is 2. The van der Waals surface area contributed by atoms with Crippen LogP contribution in [0.4, 0.5) is 49.1 Å². The van der Waals surface area contributed by atoms with E-state index in [0.717, 1.165) is 24.3 Å². The number of nitrogens with two attached hydrogens (primary N) is 2. The Morgan fingerprint density at radius 3 is 1.18 bits per heavy atom. The number of hydrogen-bond donors (Lipinski definition) is 2. The van der Waals surface area contributed by atoms with Gasteiger partial charge in [0.15, 0.2) is 0 Å². The largest absolute Gasteiger partial charge is 0.423 e. The number of rotatable bonds is 2. The molecule has 14 heteroatoms. The molecule has 152 valence electrons. The summed E-state index contributed by atoms with van der Waals surface area (Å²) in [6, 6.07) is 4.65. The van der Waals surface area contributed by atoms with Gasteiger partial charge in [-0.25, -0.2) is 0 Å². The van der Waals surface area contributed by atoms with Gasteiger partial charge in [-0.2, -0.15) is 26.3 Å². The first-order valence-corrected chi connectivity index (χ1v) is 6.86. The minimum absolute atomic E-state index is 0.164. The normalized spacial score (nSPS) is 11.4. The second kappa shape index (κ2) is 7.98. The van der Waals surface area contributed by atoms with Gasteiger partial charge >= 0.3 is 12.4 Å². The van der Waals surface area contributed by atoms with Crippen molar-refractivity contribution in [3.8, 4) is 0 Å². The van der Waals surface area contributed by atoms with Crippen molar-refractivity contribution in [3.63, 3.8) is 0 Å². The number of nitro benzene ring substituents is 2. The Hall–Kier alpha value is -3.58. The van der Waals surface area contributed by atoms with E-state index in [1.54, 1.807) is 0 Å². The van der Waals surface area contributed by atoms with Crippen molar-refractivity contribution >= 4 is 22.7 Å². The van der Waals surface area contributed by atoms with E-state index in [1.807, 2.05) is 0 Å². The molecule has 0 aliphatic carbocycles. The lowest BCUT2D eigenvalue weighted by molar-refractivity contribution is -0.388. The third kappa shape index (κ3) is 5.72. The number of alkyl halides is 6. The Labute approximate surface area is 151 Å². The highest BCUT2D eigenvalue weighted by molar-refractivity contribution is 5.53. The van der Waals surface area contributed by atoms with Crippen LogP contribution in [0.1, 0.15) is 11.1 Å². The van der Waals surface area contributed by atoms with Crippen LogP contribution in [-0.4, -0.2) is 9.85 Å². The SMILES string of the molecule is Nc1ccc([N+](=O)[O-])c(C(F)(F)F)c1.Nc1ccc([N+](=O)[O-])c(C(F)(F)F)c1. The average molecular weight is 412 g/mol. The molecule has 2 rings (SSSR count). The van der Waals surface area contributed by atoms with Crippen molar-refractivity contribution in [2.24, 2.45) is 0 Å². The van der Waals surface area contributed by atoms with Gasteiger partial charge < -0.3 is 11.5 Å². The van der Waals surface area contributed by atoms with E-state index in [-0.39, 0.29) is 11.4 Å². The van der Waals surface area contributed by atoms with Gasteiger partial charge in [-0.3, -0.25) is 20.2 Å². The summed E-state index contributed by atoms with van der Waals surface area (Å²) >= 11 is 0. The highest BCUT2D eigenvalue weighted by atomic mass is 19.4. The molecule has 4 N–H and O–H groups in total. The lowest BCUT2D eigenvalue weighted by Gasteiger charge is -2.07. The summed E-state index contributed by atoms with van der Waals surface area (Å²) in [6.45, 7) is 0. The van der Waals surface area contributed by atoms with E-state index in [2.05, 4.69) is 0 Å². The monoisotopic (exact) mass is 412 g/mol. The minimum atomic E-state index is -4.77. The van der Waals surface area contributed by atoms with E-state index in [4.69, 9.17) is 11.5 Å². The van der Waals surface area contributed by atoms with Crippen molar-refractivity contribution < 1.29 is 36.2 Å². The average Bonchev–Trinajstić information content (AvgIpc) is 2.53. The highest BCUT2D eigenvalue weighted by Crippen LogP contribution is 2.37. The summed E-state index contributed by atoms with van der Waals surface area (Å²) in [5.41, 5.74) is 5.23.